The van der Waals surface area contributed by atoms with E-state index >= 15 is 0 Å². The second kappa shape index (κ2) is 4.71. The fraction of sp³-hybridized carbons (Fsp3) is 0.286. The molecule has 0 spiro atoms. The van der Waals surface area contributed by atoms with Gasteiger partial charge in [-0.1, -0.05) is 41.5 Å². The number of fused-ring (bicyclic) bond motifs is 1. The molecule has 0 bridgehead atoms. The van der Waals surface area contributed by atoms with Crippen molar-refractivity contribution in [3.8, 4) is 0 Å². The normalized spacial score (nSPS) is 21.6. The van der Waals surface area contributed by atoms with Crippen LogP contribution in [0.4, 0.5) is 0 Å². The molecule has 0 amide bonds. The van der Waals surface area contributed by atoms with Crippen LogP contribution in [0.1, 0.15) is 18.1 Å². The van der Waals surface area contributed by atoms with Gasteiger partial charge in [0, 0.05) is 10.6 Å². The van der Waals surface area contributed by atoms with Crippen molar-refractivity contribution in [2.45, 2.75) is 25.2 Å². The van der Waals surface area contributed by atoms with Crippen LogP contribution in [0.2, 0.25) is 0 Å². The lowest BCUT2D eigenvalue weighted by Crippen LogP contribution is -1.88. The van der Waals surface area contributed by atoms with Gasteiger partial charge in [-0.25, -0.2) is 0 Å². The van der Waals surface area contributed by atoms with Crippen LogP contribution in [-0.4, -0.2) is 5.75 Å². The molecule has 0 aromatic heterocycles. The summed E-state index contributed by atoms with van der Waals surface area (Å²) in [6.07, 6.45) is 7.82. The molecule has 2 rings (SSSR count). The fourth-order valence-electron chi connectivity index (χ4n) is 1.72. The topological polar surface area (TPSA) is 0 Å². The smallest absolute Gasteiger partial charge is 0.0164 e. The van der Waals surface area contributed by atoms with Gasteiger partial charge in [0.25, 0.3) is 0 Å². The Morgan fingerprint density at radius 1 is 1.20 bits per heavy atom. The summed E-state index contributed by atoms with van der Waals surface area (Å²) in [7, 11) is 0. The Hall–Kier alpha value is -0.950. The van der Waals surface area contributed by atoms with Gasteiger partial charge in [0.05, 0.1) is 0 Å². The Morgan fingerprint density at radius 2 is 2.07 bits per heavy atom. The molecular weight excluding hydrogens is 200 g/mol. The summed E-state index contributed by atoms with van der Waals surface area (Å²) in [5.41, 5.74) is 4.18. The lowest BCUT2D eigenvalue weighted by atomic mass is 10.1. The summed E-state index contributed by atoms with van der Waals surface area (Å²) < 4.78 is 0. The van der Waals surface area contributed by atoms with Crippen molar-refractivity contribution >= 4 is 11.8 Å². The van der Waals surface area contributed by atoms with Gasteiger partial charge in [0.2, 0.25) is 0 Å². The zero-order chi connectivity index (χ0) is 10.7. The van der Waals surface area contributed by atoms with E-state index < -0.39 is 0 Å². The quantitative estimate of drug-likeness (QED) is 0.628. The zero-order valence-corrected chi connectivity index (χ0v) is 10.1. The minimum atomic E-state index is 1.06. The molecule has 0 fully saturated rings. The molecule has 78 valence electrons. The van der Waals surface area contributed by atoms with Gasteiger partial charge < -0.3 is 0 Å². The Bertz CT molecular complexity index is 413. The summed E-state index contributed by atoms with van der Waals surface area (Å²) in [4.78, 5) is 1.43. The average Bonchev–Trinajstić information content (AvgIpc) is 2.30. The third-order valence-electron chi connectivity index (χ3n) is 2.58. The summed E-state index contributed by atoms with van der Waals surface area (Å²) in [5, 5.41) is 0. The van der Waals surface area contributed by atoms with E-state index in [9.17, 15) is 0 Å². The average molecular weight is 216 g/mol. The molecule has 0 radical (unpaired) electrons. The first-order valence-electron chi connectivity index (χ1n) is 5.31. The molecular formula is C14H16S. The highest BCUT2D eigenvalue weighted by atomic mass is 32.2. The van der Waals surface area contributed by atoms with Crippen molar-refractivity contribution in [3.63, 3.8) is 0 Å². The van der Waals surface area contributed by atoms with Gasteiger partial charge in [-0.05, 0) is 31.9 Å². The maximum atomic E-state index is 2.31. The van der Waals surface area contributed by atoms with Gasteiger partial charge in [-0.15, -0.1) is 11.8 Å². The van der Waals surface area contributed by atoms with Gasteiger partial charge in [-0.2, -0.15) is 0 Å². The summed E-state index contributed by atoms with van der Waals surface area (Å²) >= 11 is 1.93. The number of hydrogen-bond acceptors (Lipinski definition) is 1. The lowest BCUT2D eigenvalue weighted by molar-refractivity contribution is 1.15. The Morgan fingerprint density at radius 3 is 2.93 bits per heavy atom. The largest absolute Gasteiger partial charge is 0.122 e. The lowest BCUT2D eigenvalue weighted by Gasteiger charge is -2.07. The van der Waals surface area contributed by atoms with Crippen molar-refractivity contribution in [2.24, 2.45) is 0 Å². The molecule has 1 heteroatoms. The van der Waals surface area contributed by atoms with Crippen LogP contribution in [0.15, 0.2) is 46.9 Å². The van der Waals surface area contributed by atoms with Crippen LogP contribution >= 0.6 is 11.8 Å². The number of hydrogen-bond donors (Lipinski definition) is 0. The highest BCUT2D eigenvalue weighted by Crippen LogP contribution is 2.26. The fourth-order valence-corrected chi connectivity index (χ4v) is 2.58. The molecule has 1 aromatic rings. The van der Waals surface area contributed by atoms with Crippen LogP contribution < -0.4 is 0 Å². The SMILES string of the molecule is CC1=C/Cc2cc(C)ccc2SC/C=C\1. The number of allylic oxidation sites excluding steroid dienone is 3. The Balaban J connectivity index is 2.37. The van der Waals surface area contributed by atoms with Crippen molar-refractivity contribution in [1.29, 1.82) is 0 Å². The van der Waals surface area contributed by atoms with Gasteiger partial charge in [-0.3, -0.25) is 0 Å². The first kappa shape index (κ1) is 10.6. The summed E-state index contributed by atoms with van der Waals surface area (Å²) in [5.74, 6) is 1.07. The highest BCUT2D eigenvalue weighted by Gasteiger charge is 2.03. The van der Waals surface area contributed by atoms with E-state index in [2.05, 4.69) is 50.3 Å². The molecule has 1 aromatic carbocycles. The maximum Gasteiger partial charge on any atom is 0.0164 e. The minimum absolute atomic E-state index is 1.06. The molecule has 0 unspecified atom stereocenters. The zero-order valence-electron chi connectivity index (χ0n) is 9.29. The Kier molecular flexibility index (Phi) is 3.32. The maximum absolute atomic E-state index is 2.31. The summed E-state index contributed by atoms with van der Waals surface area (Å²) in [6, 6.07) is 6.75. The number of aryl methyl sites for hydroxylation is 1. The molecule has 0 aliphatic carbocycles. The van der Waals surface area contributed by atoms with E-state index in [0.717, 1.165) is 12.2 Å². The molecule has 15 heavy (non-hydrogen) atoms. The number of benzene rings is 1. The minimum Gasteiger partial charge on any atom is -0.122 e. The van der Waals surface area contributed by atoms with E-state index in [4.69, 9.17) is 0 Å². The monoisotopic (exact) mass is 216 g/mol. The van der Waals surface area contributed by atoms with Crippen LogP contribution in [0, 0.1) is 6.92 Å². The first-order chi connectivity index (χ1) is 7.25. The second-order valence-electron chi connectivity index (χ2n) is 3.98. The van der Waals surface area contributed by atoms with Gasteiger partial charge in [0.15, 0.2) is 0 Å². The molecule has 0 atom stereocenters. The van der Waals surface area contributed by atoms with Crippen molar-refractivity contribution < 1.29 is 0 Å². The molecule has 0 nitrogen and oxygen atoms in total. The van der Waals surface area contributed by atoms with Gasteiger partial charge in [0.1, 0.15) is 0 Å². The first-order valence-corrected chi connectivity index (χ1v) is 6.30. The van der Waals surface area contributed by atoms with E-state index in [-0.39, 0.29) is 0 Å². The molecule has 0 saturated carbocycles. The van der Waals surface area contributed by atoms with Crippen LogP contribution in [0.25, 0.3) is 0 Å². The van der Waals surface area contributed by atoms with Crippen molar-refractivity contribution in [3.05, 3.63) is 53.1 Å². The van der Waals surface area contributed by atoms with E-state index in [1.807, 2.05) is 11.8 Å². The van der Waals surface area contributed by atoms with Crippen molar-refractivity contribution in [1.82, 2.24) is 0 Å². The molecule has 0 N–H and O–H groups in total. The molecule has 1 aliphatic heterocycles. The summed E-state index contributed by atoms with van der Waals surface area (Å²) in [6.45, 7) is 4.33. The standard InChI is InChI=1S/C14H16S/c1-11-4-3-9-15-14-8-6-12(2)10-13(14)7-5-11/h3-6,8,10H,7,9H2,1-2H3/b4-3-,11-5-. The van der Waals surface area contributed by atoms with Crippen LogP contribution in [0.3, 0.4) is 0 Å². The van der Waals surface area contributed by atoms with Crippen LogP contribution in [0.5, 0.6) is 0 Å². The van der Waals surface area contributed by atoms with E-state index in [1.165, 1.54) is 21.6 Å². The van der Waals surface area contributed by atoms with E-state index in [0.29, 0.717) is 0 Å². The van der Waals surface area contributed by atoms with Crippen molar-refractivity contribution in [2.75, 3.05) is 5.75 Å². The number of rotatable bonds is 0. The highest BCUT2D eigenvalue weighted by molar-refractivity contribution is 7.99. The molecule has 1 heterocycles. The van der Waals surface area contributed by atoms with Crippen LogP contribution in [-0.2, 0) is 6.42 Å². The number of thioether (sulfide) groups is 1. The molecule has 0 saturated heterocycles. The predicted molar refractivity (Wildman–Crippen MR) is 68.5 cm³/mol. The third kappa shape index (κ3) is 2.75. The predicted octanol–water partition coefficient (Wildman–Crippen LogP) is 4.15. The van der Waals surface area contributed by atoms with Gasteiger partial charge >= 0.3 is 0 Å². The second-order valence-corrected chi connectivity index (χ2v) is 5.04. The van der Waals surface area contributed by atoms with E-state index in [1.54, 1.807) is 0 Å². The molecule has 1 aliphatic rings. The Labute approximate surface area is 96.1 Å². The third-order valence-corrected chi connectivity index (χ3v) is 3.64.